The zero-order valence-corrected chi connectivity index (χ0v) is 19.7. The monoisotopic (exact) mass is 487 g/mol. The van der Waals surface area contributed by atoms with Crippen LogP contribution in [0.25, 0.3) is 11.0 Å². The molecule has 0 aliphatic heterocycles. The number of aromatic nitrogens is 3. The number of hydrogen-bond acceptors (Lipinski definition) is 6. The molecule has 0 aliphatic rings. The Labute approximate surface area is 198 Å². The summed E-state index contributed by atoms with van der Waals surface area (Å²) >= 11 is 0. The minimum absolute atomic E-state index is 0.0718. The summed E-state index contributed by atoms with van der Waals surface area (Å²) < 4.78 is 51.5. The number of fused-ring (bicyclic) bond motifs is 1. The predicted octanol–water partition coefficient (Wildman–Crippen LogP) is 6.23. The van der Waals surface area contributed by atoms with Crippen molar-refractivity contribution >= 4 is 33.3 Å². The lowest BCUT2D eigenvalue weighted by Gasteiger charge is -2.33. The third-order valence-corrected chi connectivity index (χ3v) is 6.89. The number of nitrogens with one attached hydrogen (secondary N) is 3. The lowest BCUT2D eigenvalue weighted by Crippen LogP contribution is -2.15. The zero-order valence-electron chi connectivity index (χ0n) is 18.9. The molecule has 0 radical (unpaired) electrons. The molecule has 0 spiro atoms. The number of halogens is 2. The Morgan fingerprint density at radius 1 is 1.09 bits per heavy atom. The van der Waals surface area contributed by atoms with E-state index in [4.69, 9.17) is 0 Å². The number of H-pyrrole nitrogens is 1. The summed E-state index contributed by atoms with van der Waals surface area (Å²) in [4.78, 5) is 11.9. The minimum atomic E-state index is -3.20. The Morgan fingerprint density at radius 2 is 1.91 bits per heavy atom. The van der Waals surface area contributed by atoms with E-state index in [-0.39, 0.29) is 23.5 Å². The summed E-state index contributed by atoms with van der Waals surface area (Å²) in [5.41, 5.74) is 3.64. The molecule has 0 atom stereocenters. The quantitative estimate of drug-likeness (QED) is 0.191. The Hall–Kier alpha value is -3.21. The Kier molecular flexibility index (Phi) is 7.01. The van der Waals surface area contributed by atoms with Gasteiger partial charge in [-0.2, -0.15) is 0 Å². The number of nitrogens with zero attached hydrogens (tertiary/aromatic N) is 2. The van der Waals surface area contributed by atoms with E-state index >= 15 is 0 Å². The predicted molar refractivity (Wildman–Crippen MR) is 133 cm³/mol. The van der Waals surface area contributed by atoms with Gasteiger partial charge in [0.05, 0.1) is 11.4 Å². The summed E-state index contributed by atoms with van der Waals surface area (Å²) in [5.74, 6) is -1.07. The fourth-order valence-corrected chi connectivity index (χ4v) is 4.87. The molecule has 0 saturated heterocycles. The van der Waals surface area contributed by atoms with Crippen LogP contribution in [0.15, 0.2) is 48.9 Å². The zero-order chi connectivity index (χ0) is 24.3. The van der Waals surface area contributed by atoms with Gasteiger partial charge in [-0.3, -0.25) is 13.8 Å². The molecular formula is C24H27F2N5O2S. The summed E-state index contributed by atoms with van der Waals surface area (Å²) in [6.45, 7) is 3.63. The largest absolute Gasteiger partial charge is 0.366 e. The van der Waals surface area contributed by atoms with Crippen molar-refractivity contribution in [3.05, 3.63) is 82.8 Å². The summed E-state index contributed by atoms with van der Waals surface area (Å²) in [5, 5.41) is 3.99. The van der Waals surface area contributed by atoms with Gasteiger partial charge in [-0.25, -0.2) is 18.7 Å². The fourth-order valence-electron chi connectivity index (χ4n) is 3.69. The fraction of sp³-hybridized carbons (Fsp3) is 0.250. The second-order valence-corrected chi connectivity index (χ2v) is 10.1. The molecule has 7 nitrogen and oxygen atoms in total. The maximum Gasteiger partial charge on any atom is 0.155 e. The topological polar surface area (TPSA) is 106 Å². The van der Waals surface area contributed by atoms with Crippen LogP contribution in [0.3, 0.4) is 0 Å². The van der Waals surface area contributed by atoms with Crippen LogP contribution < -0.4 is 10.0 Å². The third kappa shape index (κ3) is 5.46. The van der Waals surface area contributed by atoms with Gasteiger partial charge in [-0.05, 0) is 54.3 Å². The standard InChI is InChI=1S/C24H27F2N5O2S/c1-3-8-34(32,33)31-21-6-5-20(25)19(23(21)26)14-28-22-7-4-16(12-27-22)10-17-13-30-24-18(17)9-15(2)11-29-24/h4-7,9,11-13,31-33H,3,8,10,14H2,1-2H3,(H,27,28)(H,29,30). The third-order valence-electron chi connectivity index (χ3n) is 5.37. The first-order valence-corrected chi connectivity index (χ1v) is 12.6. The summed E-state index contributed by atoms with van der Waals surface area (Å²) in [7, 11) is -3.20. The molecule has 0 bridgehead atoms. The molecule has 0 amide bonds. The van der Waals surface area contributed by atoms with Gasteiger partial charge < -0.3 is 10.3 Å². The highest BCUT2D eigenvalue weighted by Gasteiger charge is 2.18. The Morgan fingerprint density at radius 3 is 2.65 bits per heavy atom. The van der Waals surface area contributed by atoms with Crippen LogP contribution in [0, 0.1) is 18.6 Å². The van der Waals surface area contributed by atoms with Crippen molar-refractivity contribution in [1.29, 1.82) is 0 Å². The van der Waals surface area contributed by atoms with Gasteiger partial charge in [-0.15, -0.1) is 10.8 Å². The van der Waals surface area contributed by atoms with Crippen molar-refractivity contribution in [2.75, 3.05) is 15.8 Å². The molecular weight excluding hydrogens is 460 g/mol. The van der Waals surface area contributed by atoms with Crippen molar-refractivity contribution in [2.45, 2.75) is 33.2 Å². The van der Waals surface area contributed by atoms with E-state index in [1.807, 2.05) is 25.4 Å². The van der Waals surface area contributed by atoms with Crippen molar-refractivity contribution in [3.63, 3.8) is 0 Å². The average molecular weight is 488 g/mol. The molecule has 3 heterocycles. The van der Waals surface area contributed by atoms with Crippen molar-refractivity contribution in [2.24, 2.45) is 0 Å². The molecule has 3 aromatic heterocycles. The van der Waals surface area contributed by atoms with Gasteiger partial charge in [0.15, 0.2) is 5.82 Å². The van der Waals surface area contributed by atoms with Gasteiger partial charge in [-0.1, -0.05) is 13.0 Å². The first kappa shape index (κ1) is 23.9. The number of hydrogen-bond donors (Lipinski definition) is 5. The highest BCUT2D eigenvalue weighted by atomic mass is 32.3. The average Bonchev–Trinajstić information content (AvgIpc) is 3.18. The minimum Gasteiger partial charge on any atom is -0.366 e. The van der Waals surface area contributed by atoms with E-state index in [2.05, 4.69) is 31.1 Å². The first-order valence-electron chi connectivity index (χ1n) is 10.9. The van der Waals surface area contributed by atoms with Crippen LogP contribution in [-0.4, -0.2) is 29.8 Å². The highest BCUT2D eigenvalue weighted by molar-refractivity contribution is 8.25. The molecule has 1 aromatic carbocycles. The Balaban J connectivity index is 1.44. The normalized spacial score (nSPS) is 12.2. The maximum atomic E-state index is 14.9. The van der Waals surface area contributed by atoms with Gasteiger partial charge in [0, 0.05) is 42.5 Å². The van der Waals surface area contributed by atoms with E-state index in [0.29, 0.717) is 18.7 Å². The van der Waals surface area contributed by atoms with Gasteiger partial charge in [0.25, 0.3) is 0 Å². The second kappa shape index (κ2) is 9.96. The van der Waals surface area contributed by atoms with E-state index in [1.54, 1.807) is 19.2 Å². The molecule has 10 heteroatoms. The maximum absolute atomic E-state index is 14.9. The van der Waals surface area contributed by atoms with Crippen molar-refractivity contribution in [3.8, 4) is 0 Å². The van der Waals surface area contributed by atoms with Crippen LogP contribution >= 0.6 is 10.8 Å². The number of rotatable bonds is 9. The molecule has 0 unspecified atom stereocenters. The van der Waals surface area contributed by atoms with Crippen LogP contribution in [0.4, 0.5) is 20.3 Å². The number of benzene rings is 1. The molecule has 4 rings (SSSR count). The smallest absolute Gasteiger partial charge is 0.155 e. The SMILES string of the molecule is CCCS(O)(O)Nc1ccc(F)c(CNc2ccc(Cc3c[nH]c4ncc(C)cc34)cn2)c1F. The lowest BCUT2D eigenvalue weighted by atomic mass is 10.1. The summed E-state index contributed by atoms with van der Waals surface area (Å²) in [6.07, 6.45) is 6.64. The van der Waals surface area contributed by atoms with Crippen LogP contribution in [0.1, 0.15) is 35.6 Å². The molecule has 5 N–H and O–H groups in total. The van der Waals surface area contributed by atoms with E-state index in [1.165, 1.54) is 0 Å². The van der Waals surface area contributed by atoms with Gasteiger partial charge >= 0.3 is 0 Å². The number of pyridine rings is 2. The number of aryl methyl sites for hydroxylation is 1. The van der Waals surface area contributed by atoms with Crippen LogP contribution in [-0.2, 0) is 13.0 Å². The van der Waals surface area contributed by atoms with E-state index < -0.39 is 22.4 Å². The van der Waals surface area contributed by atoms with Gasteiger partial charge in [0.2, 0.25) is 0 Å². The second-order valence-electron chi connectivity index (χ2n) is 8.17. The Bertz CT molecular complexity index is 1290. The summed E-state index contributed by atoms with van der Waals surface area (Å²) in [6, 6.07) is 8.00. The molecule has 0 aliphatic carbocycles. The molecule has 4 aromatic rings. The van der Waals surface area contributed by atoms with E-state index in [9.17, 15) is 17.9 Å². The molecule has 0 saturated carbocycles. The van der Waals surface area contributed by atoms with Crippen LogP contribution in [0.5, 0.6) is 0 Å². The number of aromatic amines is 1. The molecule has 0 fully saturated rings. The lowest BCUT2D eigenvalue weighted by molar-refractivity contribution is 0.491. The number of anilines is 2. The van der Waals surface area contributed by atoms with Crippen LogP contribution in [0.2, 0.25) is 0 Å². The van der Waals surface area contributed by atoms with Gasteiger partial charge in [0.1, 0.15) is 17.3 Å². The highest BCUT2D eigenvalue weighted by Crippen LogP contribution is 2.40. The van der Waals surface area contributed by atoms with Crippen molar-refractivity contribution < 1.29 is 17.9 Å². The first-order chi connectivity index (χ1) is 16.3. The van der Waals surface area contributed by atoms with E-state index in [0.717, 1.165) is 39.9 Å². The molecule has 180 valence electrons. The molecule has 34 heavy (non-hydrogen) atoms. The van der Waals surface area contributed by atoms with Crippen molar-refractivity contribution in [1.82, 2.24) is 15.0 Å².